The Hall–Kier alpha value is -2.21. The van der Waals surface area contributed by atoms with Gasteiger partial charge in [0.2, 0.25) is 5.91 Å². The summed E-state index contributed by atoms with van der Waals surface area (Å²) in [5.74, 6) is -1.10. The molecule has 0 aliphatic heterocycles. The number of nitrogens with one attached hydrogen (secondary N) is 1. The number of amides is 1. The molecule has 116 valence electrons. The quantitative estimate of drug-likeness (QED) is 0.888. The summed E-state index contributed by atoms with van der Waals surface area (Å²) < 4.78 is 0. The number of thiazole rings is 1. The van der Waals surface area contributed by atoms with Crippen molar-refractivity contribution in [3.8, 4) is 0 Å². The fourth-order valence-electron chi connectivity index (χ4n) is 2.04. The van der Waals surface area contributed by atoms with Crippen LogP contribution in [0.4, 0.5) is 0 Å². The number of rotatable bonds is 5. The average molecular weight is 318 g/mol. The van der Waals surface area contributed by atoms with E-state index >= 15 is 0 Å². The Morgan fingerprint density at radius 2 is 1.91 bits per heavy atom. The molecular weight excluding hydrogens is 300 g/mol. The lowest BCUT2D eigenvalue weighted by molar-refractivity contribution is -0.122. The third-order valence-corrected chi connectivity index (χ3v) is 4.41. The van der Waals surface area contributed by atoms with Gasteiger partial charge in [-0.3, -0.25) is 4.79 Å². The van der Waals surface area contributed by atoms with Crippen LogP contribution in [0.3, 0.4) is 0 Å². The van der Waals surface area contributed by atoms with Gasteiger partial charge in [-0.2, -0.15) is 0 Å². The molecule has 0 spiro atoms. The minimum absolute atomic E-state index is 0.124. The second-order valence-electron chi connectivity index (χ2n) is 5.63. The zero-order chi connectivity index (χ0) is 16.3. The van der Waals surface area contributed by atoms with E-state index in [1.54, 1.807) is 29.7 Å². The van der Waals surface area contributed by atoms with E-state index in [1.165, 1.54) is 12.1 Å². The van der Waals surface area contributed by atoms with Crippen LogP contribution in [0.15, 0.2) is 30.5 Å². The number of hydrogen-bond donors (Lipinski definition) is 2. The molecule has 22 heavy (non-hydrogen) atoms. The summed E-state index contributed by atoms with van der Waals surface area (Å²) in [5.41, 5.74) is 0.452. The van der Waals surface area contributed by atoms with Crippen molar-refractivity contribution in [1.82, 2.24) is 10.3 Å². The summed E-state index contributed by atoms with van der Waals surface area (Å²) in [6, 6.07) is 6.31. The molecule has 1 amide bonds. The van der Waals surface area contributed by atoms with E-state index in [4.69, 9.17) is 5.11 Å². The second-order valence-corrected chi connectivity index (χ2v) is 6.86. The van der Waals surface area contributed by atoms with Gasteiger partial charge in [0, 0.05) is 11.1 Å². The molecule has 0 aliphatic carbocycles. The fourth-order valence-corrected chi connectivity index (χ4v) is 2.86. The van der Waals surface area contributed by atoms with Crippen LogP contribution < -0.4 is 5.32 Å². The lowest BCUT2D eigenvalue weighted by Crippen LogP contribution is -2.41. The van der Waals surface area contributed by atoms with E-state index in [9.17, 15) is 9.59 Å². The van der Waals surface area contributed by atoms with Crippen LogP contribution in [-0.2, 0) is 16.8 Å². The molecule has 1 aromatic heterocycles. The average Bonchev–Trinajstić information content (AvgIpc) is 2.86. The maximum Gasteiger partial charge on any atom is 0.335 e. The highest BCUT2D eigenvalue weighted by Crippen LogP contribution is 2.24. The van der Waals surface area contributed by atoms with Crippen molar-refractivity contribution in [1.29, 1.82) is 0 Å². The lowest BCUT2D eigenvalue weighted by Gasteiger charge is -2.23. The molecule has 0 atom stereocenters. The molecule has 0 unspecified atom stereocenters. The first-order valence-corrected chi connectivity index (χ1v) is 7.66. The minimum atomic E-state index is -0.976. The van der Waals surface area contributed by atoms with Crippen LogP contribution in [0.2, 0.25) is 0 Å². The molecule has 0 saturated heterocycles. The van der Waals surface area contributed by atoms with E-state index < -0.39 is 11.5 Å². The van der Waals surface area contributed by atoms with Gasteiger partial charge in [0.15, 0.2) is 0 Å². The molecule has 0 aliphatic rings. The van der Waals surface area contributed by atoms with Crippen LogP contribution in [0.1, 0.15) is 39.7 Å². The molecule has 0 radical (unpaired) electrons. The van der Waals surface area contributed by atoms with Crippen molar-refractivity contribution >= 4 is 23.2 Å². The highest BCUT2D eigenvalue weighted by Gasteiger charge is 2.26. The number of carbonyl (C=O) groups is 2. The standard InChI is InChI=1S/C16H18N2O3S/c1-10-9-17-15(22-10)16(2,3)18-13(19)8-11-4-6-12(7-5-11)14(20)21/h4-7,9H,8H2,1-3H3,(H,18,19)(H,20,21). The van der Waals surface area contributed by atoms with Crippen molar-refractivity contribution in [3.63, 3.8) is 0 Å². The maximum atomic E-state index is 12.2. The van der Waals surface area contributed by atoms with E-state index in [0.717, 1.165) is 15.4 Å². The van der Waals surface area contributed by atoms with Crippen molar-refractivity contribution in [2.45, 2.75) is 32.7 Å². The van der Waals surface area contributed by atoms with Crippen LogP contribution in [0, 0.1) is 6.92 Å². The van der Waals surface area contributed by atoms with Crippen LogP contribution in [0.5, 0.6) is 0 Å². The molecule has 2 N–H and O–H groups in total. The van der Waals surface area contributed by atoms with Gasteiger partial charge in [0.1, 0.15) is 5.01 Å². The van der Waals surface area contributed by atoms with Crippen molar-refractivity contribution in [3.05, 3.63) is 51.5 Å². The van der Waals surface area contributed by atoms with Crippen LogP contribution in [0.25, 0.3) is 0 Å². The van der Waals surface area contributed by atoms with E-state index in [2.05, 4.69) is 10.3 Å². The molecule has 2 aromatic rings. The molecule has 0 fully saturated rings. The largest absolute Gasteiger partial charge is 0.478 e. The second kappa shape index (κ2) is 6.27. The summed E-state index contributed by atoms with van der Waals surface area (Å²) in [7, 11) is 0. The Bertz CT molecular complexity index is 690. The zero-order valence-corrected chi connectivity index (χ0v) is 13.5. The molecule has 0 saturated carbocycles. The van der Waals surface area contributed by atoms with Gasteiger partial charge in [0.05, 0.1) is 17.5 Å². The first-order chi connectivity index (χ1) is 10.3. The fraction of sp³-hybridized carbons (Fsp3) is 0.312. The van der Waals surface area contributed by atoms with E-state index in [1.807, 2.05) is 20.8 Å². The number of carbonyl (C=O) groups excluding carboxylic acids is 1. The zero-order valence-electron chi connectivity index (χ0n) is 12.7. The molecule has 2 rings (SSSR count). The third kappa shape index (κ3) is 3.92. The summed E-state index contributed by atoms with van der Waals surface area (Å²) in [4.78, 5) is 28.4. The molecule has 1 aromatic carbocycles. The molecule has 5 nitrogen and oxygen atoms in total. The predicted molar refractivity (Wildman–Crippen MR) is 85.1 cm³/mol. The van der Waals surface area contributed by atoms with Gasteiger partial charge in [-0.1, -0.05) is 12.1 Å². The topological polar surface area (TPSA) is 79.3 Å². The number of aromatic carboxylic acids is 1. The normalized spacial score (nSPS) is 11.2. The van der Waals surface area contributed by atoms with Crippen molar-refractivity contribution < 1.29 is 14.7 Å². The number of carboxylic acid groups (broad SMARTS) is 1. The van der Waals surface area contributed by atoms with Gasteiger partial charge in [-0.25, -0.2) is 9.78 Å². The number of benzene rings is 1. The number of aromatic nitrogens is 1. The Morgan fingerprint density at radius 3 is 2.41 bits per heavy atom. The smallest absolute Gasteiger partial charge is 0.335 e. The van der Waals surface area contributed by atoms with Gasteiger partial charge in [-0.15, -0.1) is 11.3 Å². The van der Waals surface area contributed by atoms with Crippen LogP contribution in [-0.4, -0.2) is 22.0 Å². The first kappa shape index (κ1) is 16.2. The first-order valence-electron chi connectivity index (χ1n) is 6.84. The van der Waals surface area contributed by atoms with E-state index in [-0.39, 0.29) is 17.9 Å². The third-order valence-electron chi connectivity index (χ3n) is 3.17. The van der Waals surface area contributed by atoms with Crippen molar-refractivity contribution in [2.75, 3.05) is 0 Å². The molecular formula is C16H18N2O3S. The number of carboxylic acids is 1. The van der Waals surface area contributed by atoms with Gasteiger partial charge in [0.25, 0.3) is 0 Å². The number of hydrogen-bond acceptors (Lipinski definition) is 4. The minimum Gasteiger partial charge on any atom is -0.478 e. The maximum absolute atomic E-state index is 12.2. The Kier molecular flexibility index (Phi) is 4.61. The van der Waals surface area contributed by atoms with Gasteiger partial charge in [-0.05, 0) is 38.5 Å². The summed E-state index contributed by atoms with van der Waals surface area (Å²) >= 11 is 1.56. The Balaban J connectivity index is 2.01. The Morgan fingerprint density at radius 1 is 1.27 bits per heavy atom. The number of aryl methyl sites for hydroxylation is 1. The highest BCUT2D eigenvalue weighted by molar-refractivity contribution is 7.11. The van der Waals surface area contributed by atoms with Gasteiger partial charge < -0.3 is 10.4 Å². The Labute approximate surface area is 133 Å². The lowest BCUT2D eigenvalue weighted by atomic mass is 10.0. The van der Waals surface area contributed by atoms with Crippen LogP contribution >= 0.6 is 11.3 Å². The van der Waals surface area contributed by atoms with E-state index in [0.29, 0.717) is 0 Å². The van der Waals surface area contributed by atoms with Crippen molar-refractivity contribution in [2.24, 2.45) is 0 Å². The molecule has 1 heterocycles. The highest BCUT2D eigenvalue weighted by atomic mass is 32.1. The number of nitrogens with zero attached hydrogens (tertiary/aromatic N) is 1. The molecule has 6 heteroatoms. The summed E-state index contributed by atoms with van der Waals surface area (Å²) in [5, 5.41) is 12.7. The van der Waals surface area contributed by atoms with Gasteiger partial charge >= 0.3 is 5.97 Å². The SMILES string of the molecule is Cc1cnc(C(C)(C)NC(=O)Cc2ccc(C(=O)O)cc2)s1. The monoisotopic (exact) mass is 318 g/mol. The summed E-state index contributed by atoms with van der Waals surface area (Å²) in [6.45, 7) is 5.80. The predicted octanol–water partition coefficient (Wildman–Crippen LogP) is 2.74. The summed E-state index contributed by atoms with van der Waals surface area (Å²) in [6.07, 6.45) is 1.99. The molecule has 0 bridgehead atoms.